The van der Waals surface area contributed by atoms with E-state index in [0.717, 1.165) is 5.56 Å². The lowest BCUT2D eigenvalue weighted by Crippen LogP contribution is -2.02. The maximum atomic E-state index is 10.6. The maximum Gasteiger partial charge on any atom is 0.342 e. The van der Waals surface area contributed by atoms with Gasteiger partial charge in [0.25, 0.3) is 0 Å². The summed E-state index contributed by atoms with van der Waals surface area (Å²) in [4.78, 5) is 14.3. The summed E-state index contributed by atoms with van der Waals surface area (Å²) in [6.07, 6.45) is 1.89. The van der Waals surface area contributed by atoms with Gasteiger partial charge >= 0.3 is 5.82 Å². The maximum absolute atomic E-state index is 10.6. The summed E-state index contributed by atoms with van der Waals surface area (Å²) in [5.41, 5.74) is 1.09. The first-order chi connectivity index (χ1) is 7.68. The van der Waals surface area contributed by atoms with Crippen LogP contribution in [-0.2, 0) is 13.5 Å². The molecule has 0 N–H and O–H groups in total. The fourth-order valence-electron chi connectivity index (χ4n) is 1.55. The molecule has 0 aliphatic carbocycles. The molecule has 0 saturated heterocycles. The highest BCUT2D eigenvalue weighted by molar-refractivity contribution is 5.24. The number of benzene rings is 1. The average molecular weight is 217 g/mol. The zero-order valence-electron chi connectivity index (χ0n) is 8.83. The Bertz CT molecular complexity index is 505. The minimum atomic E-state index is -0.429. The van der Waals surface area contributed by atoms with Crippen LogP contribution in [0, 0.1) is 10.1 Å². The van der Waals surface area contributed by atoms with E-state index in [9.17, 15) is 10.1 Å². The second-order valence-electron chi connectivity index (χ2n) is 3.51. The molecule has 82 valence electrons. The standard InChI is InChI=1S/C11H11N3O2/c1-13-10(12-8-11(13)14(15)16)7-9-5-3-2-4-6-9/h2-6,8H,7H2,1H3. The van der Waals surface area contributed by atoms with Gasteiger partial charge in [-0.2, -0.15) is 0 Å². The Morgan fingerprint density at radius 3 is 2.62 bits per heavy atom. The molecule has 0 saturated carbocycles. The van der Waals surface area contributed by atoms with Crippen molar-refractivity contribution in [3.63, 3.8) is 0 Å². The third kappa shape index (κ3) is 1.93. The first kappa shape index (κ1) is 10.4. The molecule has 0 atom stereocenters. The molecule has 1 aromatic heterocycles. The van der Waals surface area contributed by atoms with Crippen LogP contribution in [0.2, 0.25) is 0 Å². The van der Waals surface area contributed by atoms with E-state index in [0.29, 0.717) is 12.2 Å². The smallest absolute Gasteiger partial charge is 0.342 e. The van der Waals surface area contributed by atoms with Crippen molar-refractivity contribution in [3.05, 3.63) is 58.0 Å². The van der Waals surface area contributed by atoms with Gasteiger partial charge in [0, 0.05) is 0 Å². The molecular formula is C11H11N3O2. The van der Waals surface area contributed by atoms with Gasteiger partial charge in [0.2, 0.25) is 5.82 Å². The highest BCUT2D eigenvalue weighted by Crippen LogP contribution is 2.14. The molecular weight excluding hydrogens is 206 g/mol. The molecule has 0 unspecified atom stereocenters. The molecule has 1 aromatic carbocycles. The lowest BCUT2D eigenvalue weighted by atomic mass is 10.1. The van der Waals surface area contributed by atoms with Crippen LogP contribution >= 0.6 is 0 Å². The van der Waals surface area contributed by atoms with E-state index < -0.39 is 4.92 Å². The summed E-state index contributed by atoms with van der Waals surface area (Å²) in [7, 11) is 1.66. The van der Waals surface area contributed by atoms with E-state index in [1.54, 1.807) is 7.05 Å². The SMILES string of the molecule is Cn1c([N+](=O)[O-])cnc1Cc1ccccc1. The van der Waals surface area contributed by atoms with Crippen molar-refractivity contribution in [1.82, 2.24) is 9.55 Å². The second-order valence-corrected chi connectivity index (χ2v) is 3.51. The van der Waals surface area contributed by atoms with Crippen molar-refractivity contribution in [2.45, 2.75) is 6.42 Å². The van der Waals surface area contributed by atoms with Crippen LogP contribution in [0.25, 0.3) is 0 Å². The summed E-state index contributed by atoms with van der Waals surface area (Å²) in [6.45, 7) is 0. The average Bonchev–Trinajstić information content (AvgIpc) is 2.62. The summed E-state index contributed by atoms with van der Waals surface area (Å²) >= 11 is 0. The number of aromatic nitrogens is 2. The van der Waals surface area contributed by atoms with Crippen LogP contribution in [0.1, 0.15) is 11.4 Å². The number of nitro groups is 1. The van der Waals surface area contributed by atoms with Crippen LogP contribution in [0.3, 0.4) is 0 Å². The first-order valence-corrected chi connectivity index (χ1v) is 4.87. The summed E-state index contributed by atoms with van der Waals surface area (Å²) in [6, 6.07) is 9.75. The number of rotatable bonds is 3. The molecule has 0 spiro atoms. The largest absolute Gasteiger partial charge is 0.358 e. The Morgan fingerprint density at radius 2 is 2.06 bits per heavy atom. The Hall–Kier alpha value is -2.17. The van der Waals surface area contributed by atoms with Crippen LogP contribution in [-0.4, -0.2) is 14.5 Å². The quantitative estimate of drug-likeness (QED) is 0.582. The van der Waals surface area contributed by atoms with Crippen LogP contribution in [0.15, 0.2) is 36.5 Å². The fraction of sp³-hybridized carbons (Fsp3) is 0.182. The van der Waals surface area contributed by atoms with Gasteiger partial charge in [0.15, 0.2) is 0 Å². The number of imidazole rings is 1. The first-order valence-electron chi connectivity index (χ1n) is 4.87. The van der Waals surface area contributed by atoms with Crippen LogP contribution in [0.4, 0.5) is 5.82 Å². The van der Waals surface area contributed by atoms with E-state index in [1.165, 1.54) is 10.8 Å². The minimum absolute atomic E-state index is 0.0194. The third-order valence-corrected chi connectivity index (χ3v) is 2.45. The zero-order chi connectivity index (χ0) is 11.5. The van der Waals surface area contributed by atoms with Gasteiger partial charge in [-0.3, -0.25) is 0 Å². The predicted octanol–water partition coefficient (Wildman–Crippen LogP) is 1.92. The van der Waals surface area contributed by atoms with Gasteiger partial charge in [-0.05, 0) is 10.5 Å². The highest BCUT2D eigenvalue weighted by atomic mass is 16.6. The monoisotopic (exact) mass is 217 g/mol. The van der Waals surface area contributed by atoms with Gasteiger partial charge in [-0.25, -0.2) is 9.55 Å². The van der Waals surface area contributed by atoms with Crippen LogP contribution in [0.5, 0.6) is 0 Å². The molecule has 0 amide bonds. The molecule has 0 bridgehead atoms. The molecule has 0 fully saturated rings. The molecule has 5 heteroatoms. The Morgan fingerprint density at radius 1 is 1.38 bits per heavy atom. The second kappa shape index (κ2) is 4.14. The predicted molar refractivity (Wildman–Crippen MR) is 59.1 cm³/mol. The van der Waals surface area contributed by atoms with Gasteiger partial charge in [-0.1, -0.05) is 30.3 Å². The van der Waals surface area contributed by atoms with Gasteiger partial charge in [0.1, 0.15) is 6.20 Å². The topological polar surface area (TPSA) is 61.0 Å². The van der Waals surface area contributed by atoms with Crippen molar-refractivity contribution in [2.24, 2.45) is 7.05 Å². The Labute approximate surface area is 92.5 Å². The zero-order valence-corrected chi connectivity index (χ0v) is 8.83. The molecule has 0 radical (unpaired) electrons. The molecule has 5 nitrogen and oxygen atoms in total. The minimum Gasteiger partial charge on any atom is -0.358 e. The molecule has 2 rings (SSSR count). The van der Waals surface area contributed by atoms with E-state index in [2.05, 4.69) is 4.98 Å². The summed E-state index contributed by atoms with van der Waals surface area (Å²) < 4.78 is 1.51. The third-order valence-electron chi connectivity index (χ3n) is 2.45. The molecule has 0 aliphatic rings. The highest BCUT2D eigenvalue weighted by Gasteiger charge is 2.16. The number of hydrogen-bond donors (Lipinski definition) is 0. The Kier molecular flexibility index (Phi) is 2.68. The van der Waals surface area contributed by atoms with Gasteiger partial charge in [-0.15, -0.1) is 0 Å². The molecule has 2 aromatic rings. The molecule has 16 heavy (non-hydrogen) atoms. The molecule has 1 heterocycles. The number of nitrogens with zero attached hydrogens (tertiary/aromatic N) is 3. The Balaban J connectivity index is 2.26. The summed E-state index contributed by atoms with van der Waals surface area (Å²) in [5.74, 6) is 0.712. The van der Waals surface area contributed by atoms with Crippen molar-refractivity contribution in [3.8, 4) is 0 Å². The number of hydrogen-bond acceptors (Lipinski definition) is 3. The lowest BCUT2D eigenvalue weighted by Gasteiger charge is -1.99. The van der Waals surface area contributed by atoms with Crippen molar-refractivity contribution in [2.75, 3.05) is 0 Å². The summed E-state index contributed by atoms with van der Waals surface area (Å²) in [5, 5.41) is 10.6. The van der Waals surface area contributed by atoms with E-state index in [-0.39, 0.29) is 5.82 Å². The van der Waals surface area contributed by atoms with Gasteiger partial charge < -0.3 is 10.1 Å². The van der Waals surface area contributed by atoms with E-state index >= 15 is 0 Å². The van der Waals surface area contributed by atoms with Crippen molar-refractivity contribution >= 4 is 5.82 Å². The van der Waals surface area contributed by atoms with E-state index in [1.807, 2.05) is 30.3 Å². The van der Waals surface area contributed by atoms with Crippen LogP contribution < -0.4 is 0 Å². The van der Waals surface area contributed by atoms with E-state index in [4.69, 9.17) is 0 Å². The van der Waals surface area contributed by atoms with Crippen molar-refractivity contribution < 1.29 is 4.92 Å². The lowest BCUT2D eigenvalue weighted by molar-refractivity contribution is -0.391. The molecule has 0 aliphatic heterocycles. The van der Waals surface area contributed by atoms with Crippen molar-refractivity contribution in [1.29, 1.82) is 0 Å². The van der Waals surface area contributed by atoms with Gasteiger partial charge in [0.05, 0.1) is 13.5 Å². The fourth-order valence-corrected chi connectivity index (χ4v) is 1.55. The normalized spacial score (nSPS) is 10.3.